The van der Waals surface area contributed by atoms with Crippen LogP contribution in [0.2, 0.25) is 0 Å². The topological polar surface area (TPSA) is 130 Å². The van der Waals surface area contributed by atoms with E-state index in [0.29, 0.717) is 37.2 Å². The number of hydrogen-bond donors (Lipinski definition) is 1. The molecule has 0 aromatic heterocycles. The van der Waals surface area contributed by atoms with Gasteiger partial charge in [-0.15, -0.1) is 0 Å². The normalized spacial score (nSPS) is 24.7. The number of fused-ring (bicyclic) bond motifs is 2. The maximum atomic E-state index is 13.4. The molecule has 3 heterocycles. The van der Waals surface area contributed by atoms with Gasteiger partial charge in [-0.05, 0) is 58.2 Å². The van der Waals surface area contributed by atoms with E-state index < -0.39 is 29.8 Å². The fourth-order valence-electron chi connectivity index (χ4n) is 5.16. The predicted octanol–water partition coefficient (Wildman–Crippen LogP) is 1.76. The lowest BCUT2D eigenvalue weighted by molar-refractivity contribution is -0.135. The van der Waals surface area contributed by atoms with Crippen LogP contribution in [0.15, 0.2) is 24.3 Å². The highest BCUT2D eigenvalue weighted by atomic mass is 16.6. The van der Waals surface area contributed by atoms with Gasteiger partial charge >= 0.3 is 6.09 Å². The molecule has 3 saturated heterocycles. The highest BCUT2D eigenvalue weighted by Crippen LogP contribution is 2.36. The van der Waals surface area contributed by atoms with Crippen molar-refractivity contribution in [1.29, 1.82) is 10.5 Å². The van der Waals surface area contributed by atoms with E-state index in [0.717, 1.165) is 6.42 Å². The van der Waals surface area contributed by atoms with Crippen LogP contribution in [0, 0.1) is 22.7 Å². The average molecular weight is 479 g/mol. The molecule has 3 fully saturated rings. The Morgan fingerprint density at radius 1 is 1.29 bits per heavy atom. The van der Waals surface area contributed by atoms with Crippen LogP contribution in [0.5, 0.6) is 0 Å². The van der Waals surface area contributed by atoms with Crippen LogP contribution >= 0.6 is 0 Å². The van der Waals surface area contributed by atoms with E-state index in [1.807, 2.05) is 11.0 Å². The molecule has 0 spiro atoms. The maximum Gasteiger partial charge on any atom is 0.408 e. The molecule has 1 aromatic carbocycles. The highest BCUT2D eigenvalue weighted by molar-refractivity contribution is 6.01. The zero-order valence-corrected chi connectivity index (χ0v) is 20.2. The fraction of sp³-hybridized carbons (Fsp3) is 0.560. The SMILES string of the molecule is CC(C)(C)OC(=O)N[C@@H](CN1C[C@@H]2C[C@H]1C(=O)N2c1cccc(C#N)c1)C(=O)N1CCC[C@H]1C#N. The van der Waals surface area contributed by atoms with E-state index in [-0.39, 0.29) is 24.4 Å². The smallest absolute Gasteiger partial charge is 0.408 e. The molecular weight excluding hydrogens is 448 g/mol. The van der Waals surface area contributed by atoms with Crippen molar-refractivity contribution >= 4 is 23.6 Å². The summed E-state index contributed by atoms with van der Waals surface area (Å²) in [6, 6.07) is 9.26. The second-order valence-corrected chi connectivity index (χ2v) is 10.2. The molecule has 4 atom stereocenters. The first-order valence-electron chi connectivity index (χ1n) is 11.9. The number of piperazine rings is 1. The first-order chi connectivity index (χ1) is 16.6. The number of amides is 3. The van der Waals surface area contributed by atoms with Crippen molar-refractivity contribution in [1.82, 2.24) is 15.1 Å². The van der Waals surface area contributed by atoms with Crippen molar-refractivity contribution in [2.24, 2.45) is 0 Å². The molecule has 1 N–H and O–H groups in total. The standard InChI is InChI=1S/C25H30N6O4/c1-25(2,3)35-24(34)28-20(22(32)30-9-5-8-18(30)13-27)15-29-14-19-11-21(29)23(33)31(19)17-7-4-6-16(10-17)12-26/h4,6-7,10,18-21H,5,8-9,11,14-15H2,1-3H3,(H,28,34)/t18-,19-,20-,21-/m0/s1. The summed E-state index contributed by atoms with van der Waals surface area (Å²) in [4.78, 5) is 44.4. The largest absolute Gasteiger partial charge is 0.444 e. The molecule has 1 aromatic rings. The van der Waals surface area contributed by atoms with Gasteiger partial charge in [-0.1, -0.05) is 6.07 Å². The minimum atomic E-state index is -0.943. The molecule has 4 rings (SSSR count). The van der Waals surface area contributed by atoms with Gasteiger partial charge in [-0.2, -0.15) is 10.5 Å². The Hall–Kier alpha value is -3.63. The molecule has 3 aliphatic heterocycles. The number of likely N-dealkylation sites (tertiary alicyclic amines) is 2. The molecule has 3 aliphatic rings. The number of anilines is 1. The summed E-state index contributed by atoms with van der Waals surface area (Å²) in [6.07, 6.45) is 1.22. The number of hydrogen-bond acceptors (Lipinski definition) is 7. The van der Waals surface area contributed by atoms with E-state index in [1.54, 1.807) is 43.9 Å². The Morgan fingerprint density at radius 2 is 2.06 bits per heavy atom. The summed E-state index contributed by atoms with van der Waals surface area (Å²) in [5.41, 5.74) is 0.441. The third kappa shape index (κ3) is 5.08. The number of nitrogens with zero attached hydrogens (tertiary/aromatic N) is 5. The molecule has 0 radical (unpaired) electrons. The lowest BCUT2D eigenvalue weighted by atomic mass is 10.1. The van der Waals surface area contributed by atoms with Crippen LogP contribution in [0.25, 0.3) is 0 Å². The summed E-state index contributed by atoms with van der Waals surface area (Å²) in [5, 5.41) is 21.3. The summed E-state index contributed by atoms with van der Waals surface area (Å²) in [6.45, 7) is 6.36. The molecule has 35 heavy (non-hydrogen) atoms. The number of rotatable bonds is 5. The molecule has 3 amide bonds. The minimum Gasteiger partial charge on any atom is -0.444 e. The van der Waals surface area contributed by atoms with Crippen molar-refractivity contribution in [2.45, 2.75) is 69.8 Å². The summed E-state index contributed by atoms with van der Waals surface area (Å²) >= 11 is 0. The van der Waals surface area contributed by atoms with Crippen LogP contribution in [0.1, 0.15) is 45.6 Å². The molecule has 10 heteroatoms. The first kappa shape index (κ1) is 24.5. The minimum absolute atomic E-state index is 0.0858. The van der Waals surface area contributed by atoms with Gasteiger partial charge in [-0.3, -0.25) is 14.5 Å². The maximum absolute atomic E-state index is 13.4. The Bertz CT molecular complexity index is 1100. The number of alkyl carbamates (subject to hydrolysis) is 1. The average Bonchev–Trinajstić information content (AvgIpc) is 3.51. The third-order valence-corrected chi connectivity index (χ3v) is 6.61. The lowest BCUT2D eigenvalue weighted by Crippen LogP contribution is -2.59. The zero-order valence-electron chi connectivity index (χ0n) is 20.2. The third-order valence-electron chi connectivity index (χ3n) is 6.61. The second kappa shape index (κ2) is 9.55. The Morgan fingerprint density at radius 3 is 2.71 bits per heavy atom. The van der Waals surface area contributed by atoms with Gasteiger partial charge in [0.2, 0.25) is 11.8 Å². The summed E-state index contributed by atoms with van der Waals surface area (Å²) in [7, 11) is 0. The Balaban J connectivity index is 1.50. The Labute approximate surface area is 205 Å². The molecule has 0 saturated carbocycles. The second-order valence-electron chi connectivity index (χ2n) is 10.2. The first-order valence-corrected chi connectivity index (χ1v) is 11.9. The van der Waals surface area contributed by atoms with E-state index in [2.05, 4.69) is 17.5 Å². The highest BCUT2D eigenvalue weighted by Gasteiger charge is 2.51. The molecular formula is C25H30N6O4. The van der Waals surface area contributed by atoms with E-state index in [4.69, 9.17) is 4.74 Å². The van der Waals surface area contributed by atoms with Crippen molar-refractivity contribution in [3.8, 4) is 12.1 Å². The van der Waals surface area contributed by atoms with Gasteiger partial charge in [0.05, 0.1) is 29.8 Å². The van der Waals surface area contributed by atoms with Crippen LogP contribution in [0.4, 0.5) is 10.5 Å². The van der Waals surface area contributed by atoms with E-state index in [1.165, 1.54) is 4.90 Å². The van der Waals surface area contributed by atoms with Gasteiger partial charge in [0.15, 0.2) is 0 Å². The quantitative estimate of drug-likeness (QED) is 0.682. The molecule has 0 aliphatic carbocycles. The molecule has 2 bridgehead atoms. The van der Waals surface area contributed by atoms with Gasteiger partial charge in [-0.25, -0.2) is 4.79 Å². The van der Waals surface area contributed by atoms with Crippen LogP contribution in [0.3, 0.4) is 0 Å². The van der Waals surface area contributed by atoms with Gasteiger partial charge in [0.25, 0.3) is 0 Å². The number of carbonyl (C=O) groups excluding carboxylic acids is 3. The molecule has 184 valence electrons. The summed E-state index contributed by atoms with van der Waals surface area (Å²) < 4.78 is 5.37. The fourth-order valence-corrected chi connectivity index (χ4v) is 5.16. The van der Waals surface area contributed by atoms with Crippen molar-refractivity contribution in [2.75, 3.05) is 24.5 Å². The summed E-state index contributed by atoms with van der Waals surface area (Å²) in [5.74, 6) is -0.426. The van der Waals surface area contributed by atoms with Crippen LogP contribution in [-0.4, -0.2) is 77.1 Å². The number of ether oxygens (including phenoxy) is 1. The van der Waals surface area contributed by atoms with Crippen molar-refractivity contribution in [3.05, 3.63) is 29.8 Å². The predicted molar refractivity (Wildman–Crippen MR) is 126 cm³/mol. The van der Waals surface area contributed by atoms with Crippen LogP contribution in [-0.2, 0) is 14.3 Å². The van der Waals surface area contributed by atoms with Crippen molar-refractivity contribution < 1.29 is 19.1 Å². The number of nitriles is 2. The van der Waals surface area contributed by atoms with E-state index in [9.17, 15) is 24.9 Å². The number of benzene rings is 1. The number of nitrogens with one attached hydrogen (secondary N) is 1. The zero-order chi connectivity index (χ0) is 25.3. The van der Waals surface area contributed by atoms with Crippen molar-refractivity contribution in [3.63, 3.8) is 0 Å². The van der Waals surface area contributed by atoms with Gasteiger partial charge < -0.3 is 19.9 Å². The monoisotopic (exact) mass is 478 g/mol. The van der Waals surface area contributed by atoms with E-state index >= 15 is 0 Å². The lowest BCUT2D eigenvalue weighted by Gasteiger charge is -2.36. The Kier molecular flexibility index (Phi) is 6.68. The van der Waals surface area contributed by atoms with Gasteiger partial charge in [0.1, 0.15) is 17.7 Å². The molecule has 10 nitrogen and oxygen atoms in total. The van der Waals surface area contributed by atoms with Crippen LogP contribution < -0.4 is 10.2 Å². The number of carbonyl (C=O) groups is 3. The molecule has 0 unspecified atom stereocenters. The van der Waals surface area contributed by atoms with Gasteiger partial charge in [0, 0.05) is 25.3 Å².